The third-order valence-corrected chi connectivity index (χ3v) is 6.97. The van der Waals surface area contributed by atoms with Gasteiger partial charge in [-0.15, -0.1) is 5.10 Å². The van der Waals surface area contributed by atoms with Gasteiger partial charge in [0.1, 0.15) is 28.8 Å². The second-order valence-electron chi connectivity index (χ2n) is 11.1. The fourth-order valence-electron chi connectivity index (χ4n) is 4.95. The summed E-state index contributed by atoms with van der Waals surface area (Å²) in [7, 11) is 0. The normalized spacial score (nSPS) is 19.5. The zero-order valence-corrected chi connectivity index (χ0v) is 22.5. The summed E-state index contributed by atoms with van der Waals surface area (Å²) in [4.78, 5) is 35.8. The lowest BCUT2D eigenvalue weighted by Crippen LogP contribution is -2.50. The van der Waals surface area contributed by atoms with Gasteiger partial charge in [-0.05, 0) is 39.0 Å². The molecule has 13 heteroatoms. The number of pyridine rings is 1. The Labute approximate surface area is 229 Å². The summed E-state index contributed by atoms with van der Waals surface area (Å²) in [5.41, 5.74) is 1.43. The number of rotatable bonds is 5. The van der Waals surface area contributed by atoms with Crippen LogP contribution in [0.4, 0.5) is 15.4 Å². The number of hydrogen-bond donors (Lipinski definition) is 2. The highest BCUT2D eigenvalue weighted by Gasteiger charge is 2.33. The molecule has 13 nitrogen and oxygen atoms in total. The molecule has 0 bridgehead atoms. The molecule has 210 valence electrons. The van der Waals surface area contributed by atoms with Crippen LogP contribution in [0.5, 0.6) is 5.88 Å². The Morgan fingerprint density at radius 2 is 1.88 bits per heavy atom. The highest BCUT2D eigenvalue weighted by Crippen LogP contribution is 2.34. The number of carboxylic acid groups (broad SMARTS) is 1. The molecule has 2 fully saturated rings. The number of carbonyl (C=O) groups is 2. The fraction of sp³-hybridized carbons (Fsp3) is 0.444. The molecule has 5 heterocycles. The van der Waals surface area contributed by atoms with Crippen LogP contribution < -0.4 is 15.0 Å². The molecule has 1 saturated heterocycles. The van der Waals surface area contributed by atoms with Crippen LogP contribution >= 0.6 is 0 Å². The van der Waals surface area contributed by atoms with E-state index in [1.54, 1.807) is 29.0 Å². The molecule has 0 aromatic carbocycles. The lowest BCUT2D eigenvalue weighted by molar-refractivity contribution is 0.0352. The summed E-state index contributed by atoms with van der Waals surface area (Å²) >= 11 is 0. The first-order valence-corrected chi connectivity index (χ1v) is 13.3. The monoisotopic (exact) mass is 549 g/mol. The van der Waals surface area contributed by atoms with Crippen molar-refractivity contribution in [2.45, 2.75) is 51.4 Å². The average molecular weight is 550 g/mol. The molecule has 4 aromatic heterocycles. The van der Waals surface area contributed by atoms with E-state index < -0.39 is 17.8 Å². The number of furan rings is 1. The molecule has 2 N–H and O–H groups in total. The summed E-state index contributed by atoms with van der Waals surface area (Å²) < 4.78 is 19.3. The lowest BCUT2D eigenvalue weighted by Gasteiger charge is -2.35. The molecule has 4 aromatic rings. The summed E-state index contributed by atoms with van der Waals surface area (Å²) in [5.74, 6) is 1.78. The third-order valence-electron chi connectivity index (χ3n) is 6.97. The van der Waals surface area contributed by atoms with Crippen molar-refractivity contribution in [1.82, 2.24) is 29.8 Å². The van der Waals surface area contributed by atoms with Crippen LogP contribution in [-0.2, 0) is 4.74 Å². The smallest absolute Gasteiger partial charge is 0.407 e. The van der Waals surface area contributed by atoms with Gasteiger partial charge in [0.05, 0.1) is 11.6 Å². The average Bonchev–Trinajstić information content (AvgIpc) is 3.50. The van der Waals surface area contributed by atoms with Crippen molar-refractivity contribution >= 4 is 34.6 Å². The standard InChI is InChI=1S/C27H31N7O6/c1-27(2,3)40-25(35)30-16-12-17(13-16)38-23-5-4-22-29-15-19(34(22)31-23)21-14-18-20(39-21)6-7-28-24(18)32-8-10-33(11-9-32)26(36)37/h4-7,14-17H,8-13H2,1-3H3,(H,30,35)(H,36,37)/t16-,17-. The van der Waals surface area contributed by atoms with Crippen molar-refractivity contribution in [2.24, 2.45) is 0 Å². The minimum absolute atomic E-state index is 0.00200. The number of fused-ring (bicyclic) bond motifs is 2. The Hall–Kier alpha value is -4.55. The van der Waals surface area contributed by atoms with Gasteiger partial charge >= 0.3 is 12.2 Å². The second kappa shape index (κ2) is 9.88. The highest BCUT2D eigenvalue weighted by atomic mass is 16.6. The number of aromatic nitrogens is 4. The van der Waals surface area contributed by atoms with Crippen LogP contribution in [-0.4, -0.2) is 85.7 Å². The van der Waals surface area contributed by atoms with Gasteiger partial charge in [0.2, 0.25) is 5.88 Å². The molecule has 40 heavy (non-hydrogen) atoms. The largest absolute Gasteiger partial charge is 0.473 e. The first kappa shape index (κ1) is 25.7. The van der Waals surface area contributed by atoms with Crippen LogP contribution in [0.1, 0.15) is 33.6 Å². The number of amides is 2. The van der Waals surface area contributed by atoms with Gasteiger partial charge in [0.25, 0.3) is 0 Å². The Kier molecular flexibility index (Phi) is 6.35. The van der Waals surface area contributed by atoms with E-state index in [9.17, 15) is 14.7 Å². The molecular formula is C27H31N7O6. The van der Waals surface area contributed by atoms with E-state index in [0.717, 1.165) is 11.2 Å². The number of alkyl carbamates (subject to hydrolysis) is 1. The highest BCUT2D eigenvalue weighted by molar-refractivity contribution is 5.92. The number of hydrogen-bond acceptors (Lipinski definition) is 9. The maximum Gasteiger partial charge on any atom is 0.407 e. The predicted molar refractivity (Wildman–Crippen MR) is 145 cm³/mol. The van der Waals surface area contributed by atoms with E-state index in [2.05, 4.69) is 25.3 Å². The summed E-state index contributed by atoms with van der Waals surface area (Å²) in [6, 6.07) is 7.33. The van der Waals surface area contributed by atoms with Gasteiger partial charge in [-0.25, -0.2) is 24.1 Å². The Bertz CT molecular complexity index is 1560. The minimum Gasteiger partial charge on any atom is -0.473 e. The van der Waals surface area contributed by atoms with Gasteiger partial charge in [0.15, 0.2) is 11.4 Å². The van der Waals surface area contributed by atoms with E-state index in [-0.39, 0.29) is 12.1 Å². The van der Waals surface area contributed by atoms with Crippen LogP contribution in [0.3, 0.4) is 0 Å². The second-order valence-corrected chi connectivity index (χ2v) is 11.1. The van der Waals surface area contributed by atoms with Crippen molar-refractivity contribution in [2.75, 3.05) is 31.1 Å². The van der Waals surface area contributed by atoms with Gasteiger partial charge < -0.3 is 34.1 Å². The molecule has 0 radical (unpaired) electrons. The van der Waals surface area contributed by atoms with Crippen LogP contribution in [0.25, 0.3) is 28.1 Å². The van der Waals surface area contributed by atoms with Crippen LogP contribution in [0.15, 0.2) is 41.1 Å². The van der Waals surface area contributed by atoms with E-state index in [0.29, 0.717) is 67.6 Å². The van der Waals surface area contributed by atoms with Crippen LogP contribution in [0, 0.1) is 0 Å². The molecule has 6 rings (SSSR count). The summed E-state index contributed by atoms with van der Waals surface area (Å²) in [5, 5.41) is 17.6. The zero-order valence-electron chi connectivity index (χ0n) is 22.5. The number of anilines is 1. The zero-order chi connectivity index (χ0) is 28.0. The van der Waals surface area contributed by atoms with Gasteiger partial charge in [-0.1, -0.05) is 0 Å². The number of carbonyl (C=O) groups excluding carboxylic acids is 1. The first-order valence-electron chi connectivity index (χ1n) is 13.3. The maximum absolute atomic E-state index is 12.0. The van der Waals surface area contributed by atoms with Gasteiger partial charge in [0, 0.05) is 57.3 Å². The van der Waals surface area contributed by atoms with Gasteiger partial charge in [-0.2, -0.15) is 0 Å². The molecule has 1 saturated carbocycles. The number of imidazole rings is 1. The van der Waals surface area contributed by atoms with E-state index in [4.69, 9.17) is 13.9 Å². The summed E-state index contributed by atoms with van der Waals surface area (Å²) in [6.45, 7) is 7.42. The molecule has 2 amide bonds. The van der Waals surface area contributed by atoms with Crippen molar-refractivity contribution < 1.29 is 28.6 Å². The van der Waals surface area contributed by atoms with E-state index >= 15 is 0 Å². The maximum atomic E-state index is 12.0. The SMILES string of the molecule is CC(C)(C)OC(=O)N[C@H]1C[C@H](Oc2ccc3ncc(-c4cc5c(N6CCN(C(=O)O)CC6)nccc5o4)n3n2)C1. The molecule has 0 unspecified atom stereocenters. The molecule has 0 atom stereocenters. The predicted octanol–water partition coefficient (Wildman–Crippen LogP) is 3.77. The quantitative estimate of drug-likeness (QED) is 0.377. The number of ether oxygens (including phenoxy) is 2. The van der Waals surface area contributed by atoms with E-state index in [1.807, 2.05) is 32.9 Å². The number of nitrogens with zero attached hydrogens (tertiary/aromatic N) is 6. The van der Waals surface area contributed by atoms with Gasteiger partial charge in [-0.3, -0.25) is 0 Å². The summed E-state index contributed by atoms with van der Waals surface area (Å²) in [6.07, 6.45) is 3.31. The topological polar surface area (TPSA) is 148 Å². The third kappa shape index (κ3) is 5.18. The van der Waals surface area contributed by atoms with Crippen LogP contribution in [0.2, 0.25) is 0 Å². The molecule has 2 aliphatic rings. The molecule has 1 aliphatic heterocycles. The minimum atomic E-state index is -0.908. The van der Waals surface area contributed by atoms with E-state index in [1.165, 1.54) is 4.90 Å². The van der Waals surface area contributed by atoms with Crippen molar-refractivity contribution in [1.29, 1.82) is 0 Å². The Balaban J connectivity index is 1.17. The number of nitrogens with one attached hydrogen (secondary N) is 1. The lowest BCUT2D eigenvalue weighted by atomic mass is 9.89. The van der Waals surface area contributed by atoms with Crippen molar-refractivity contribution in [3.05, 3.63) is 36.7 Å². The van der Waals surface area contributed by atoms with Crippen molar-refractivity contribution in [3.8, 4) is 17.3 Å². The Morgan fingerprint density at radius 1 is 1.10 bits per heavy atom. The molecule has 0 spiro atoms. The fourth-order valence-corrected chi connectivity index (χ4v) is 4.95. The van der Waals surface area contributed by atoms with Crippen molar-refractivity contribution in [3.63, 3.8) is 0 Å². The molecule has 1 aliphatic carbocycles. The molecular weight excluding hydrogens is 518 g/mol. The first-order chi connectivity index (χ1) is 19.1. The number of piperazine rings is 1. The Morgan fingerprint density at radius 3 is 2.60 bits per heavy atom.